The van der Waals surface area contributed by atoms with E-state index in [0.29, 0.717) is 37.7 Å². The Morgan fingerprint density at radius 2 is 1.80 bits per heavy atom. The zero-order valence-corrected chi connectivity index (χ0v) is 20.9. The Morgan fingerprint density at radius 3 is 2.43 bits per heavy atom. The van der Waals surface area contributed by atoms with Crippen LogP contribution in [0.15, 0.2) is 41.4 Å². The Kier molecular flexibility index (Phi) is 6.95. The summed E-state index contributed by atoms with van der Waals surface area (Å²) in [5.74, 6) is 0.547. The zero-order valence-electron chi connectivity index (χ0n) is 20.1. The van der Waals surface area contributed by atoms with Crippen LogP contribution >= 0.6 is 0 Å². The van der Waals surface area contributed by atoms with E-state index in [1.165, 1.54) is 11.1 Å². The van der Waals surface area contributed by atoms with Gasteiger partial charge in [-0.1, -0.05) is 24.3 Å². The molecule has 1 aromatic heterocycles. The van der Waals surface area contributed by atoms with Crippen molar-refractivity contribution in [2.75, 3.05) is 26.7 Å². The molecule has 1 saturated carbocycles. The first-order chi connectivity index (χ1) is 16.9. The minimum absolute atomic E-state index is 0.00610. The van der Waals surface area contributed by atoms with Gasteiger partial charge in [-0.2, -0.15) is 0 Å². The van der Waals surface area contributed by atoms with Crippen LogP contribution in [0.3, 0.4) is 0 Å². The summed E-state index contributed by atoms with van der Waals surface area (Å²) >= 11 is 0. The highest BCUT2D eigenvalue weighted by molar-refractivity contribution is 7.89. The second kappa shape index (κ2) is 10.1. The SMILES string of the molecule is CNC(=O)N1CCC(COc2cnc(CN3Cc4ccccc4C3)cc2S(=O)(=O)NC2CC2)CC1. The topological polar surface area (TPSA) is 104 Å². The number of sulfonamides is 1. The van der Waals surface area contributed by atoms with E-state index < -0.39 is 10.0 Å². The van der Waals surface area contributed by atoms with Crippen LogP contribution in [0.5, 0.6) is 5.75 Å². The van der Waals surface area contributed by atoms with E-state index in [1.807, 2.05) is 12.1 Å². The van der Waals surface area contributed by atoms with Gasteiger partial charge in [-0.3, -0.25) is 9.88 Å². The summed E-state index contributed by atoms with van der Waals surface area (Å²) in [6.07, 6.45) is 4.92. The summed E-state index contributed by atoms with van der Waals surface area (Å²) in [7, 11) is -2.08. The monoisotopic (exact) mass is 499 g/mol. The Balaban J connectivity index is 1.28. The van der Waals surface area contributed by atoms with Crippen molar-refractivity contribution in [2.45, 2.75) is 56.3 Å². The van der Waals surface area contributed by atoms with Crippen molar-refractivity contribution in [3.63, 3.8) is 0 Å². The minimum Gasteiger partial charge on any atom is -0.490 e. The second-order valence-electron chi connectivity index (χ2n) is 9.73. The van der Waals surface area contributed by atoms with Gasteiger partial charge < -0.3 is 15.0 Å². The number of hydrogen-bond acceptors (Lipinski definition) is 6. The molecular formula is C25H33N5O4S. The lowest BCUT2D eigenvalue weighted by molar-refractivity contribution is 0.145. The number of carbonyl (C=O) groups is 1. The first-order valence-corrected chi connectivity index (χ1v) is 13.8. The molecule has 2 N–H and O–H groups in total. The number of amides is 2. The second-order valence-corrected chi connectivity index (χ2v) is 11.4. The normalized spacial score (nSPS) is 18.9. The zero-order chi connectivity index (χ0) is 24.4. The van der Waals surface area contributed by atoms with Crippen LogP contribution in [0.2, 0.25) is 0 Å². The number of rotatable bonds is 8. The average molecular weight is 500 g/mol. The first kappa shape index (κ1) is 24.0. The molecule has 2 fully saturated rings. The van der Waals surface area contributed by atoms with Gasteiger partial charge in [-0.25, -0.2) is 17.9 Å². The van der Waals surface area contributed by atoms with Crippen LogP contribution in [0.4, 0.5) is 4.79 Å². The van der Waals surface area contributed by atoms with Crippen LogP contribution < -0.4 is 14.8 Å². The lowest BCUT2D eigenvalue weighted by Crippen LogP contribution is -2.43. The third-order valence-electron chi connectivity index (χ3n) is 6.96. The van der Waals surface area contributed by atoms with Gasteiger partial charge in [0.05, 0.1) is 18.5 Å². The molecule has 1 aromatic carbocycles. The number of aromatic nitrogens is 1. The molecule has 1 saturated heterocycles. The molecule has 0 spiro atoms. The van der Waals surface area contributed by atoms with Gasteiger partial charge in [0.15, 0.2) is 5.75 Å². The number of ether oxygens (including phenoxy) is 1. The molecule has 1 aliphatic carbocycles. The predicted octanol–water partition coefficient (Wildman–Crippen LogP) is 2.47. The van der Waals surface area contributed by atoms with E-state index >= 15 is 0 Å². The van der Waals surface area contributed by atoms with E-state index in [2.05, 4.69) is 32.1 Å². The third kappa shape index (κ3) is 5.76. The van der Waals surface area contributed by atoms with Gasteiger partial charge in [-0.05, 0) is 48.8 Å². The molecule has 0 unspecified atom stereocenters. The molecule has 188 valence electrons. The number of nitrogens with one attached hydrogen (secondary N) is 2. The molecule has 3 aliphatic rings. The van der Waals surface area contributed by atoms with Gasteiger partial charge >= 0.3 is 6.03 Å². The van der Waals surface area contributed by atoms with Crippen molar-refractivity contribution < 1.29 is 17.9 Å². The summed E-state index contributed by atoms with van der Waals surface area (Å²) in [5.41, 5.74) is 3.32. The highest BCUT2D eigenvalue weighted by Crippen LogP contribution is 2.30. The molecule has 35 heavy (non-hydrogen) atoms. The van der Waals surface area contributed by atoms with E-state index in [9.17, 15) is 13.2 Å². The summed E-state index contributed by atoms with van der Waals surface area (Å²) in [5, 5.41) is 2.66. The molecular weight excluding hydrogens is 466 g/mol. The quantitative estimate of drug-likeness (QED) is 0.578. The Bertz CT molecular complexity index is 1150. The minimum atomic E-state index is -3.71. The number of fused-ring (bicyclic) bond motifs is 1. The van der Waals surface area contributed by atoms with Gasteiger partial charge in [-0.15, -0.1) is 0 Å². The number of likely N-dealkylation sites (tertiary alicyclic amines) is 1. The molecule has 2 amide bonds. The molecule has 2 aliphatic heterocycles. The van der Waals surface area contributed by atoms with Crippen molar-refractivity contribution in [3.05, 3.63) is 53.3 Å². The molecule has 0 radical (unpaired) electrons. The molecule has 0 bridgehead atoms. The van der Waals surface area contributed by atoms with Crippen LogP contribution in [0.1, 0.15) is 42.5 Å². The van der Waals surface area contributed by atoms with Gasteiger partial charge in [0.25, 0.3) is 0 Å². The van der Waals surface area contributed by atoms with Crippen molar-refractivity contribution >= 4 is 16.1 Å². The fraction of sp³-hybridized carbons (Fsp3) is 0.520. The van der Waals surface area contributed by atoms with Crippen molar-refractivity contribution in [1.82, 2.24) is 24.8 Å². The highest BCUT2D eigenvalue weighted by atomic mass is 32.2. The highest BCUT2D eigenvalue weighted by Gasteiger charge is 2.31. The smallest absolute Gasteiger partial charge is 0.317 e. The number of benzene rings is 1. The molecule has 9 nitrogen and oxygen atoms in total. The molecule has 0 atom stereocenters. The van der Waals surface area contributed by atoms with E-state index in [-0.39, 0.29) is 22.9 Å². The maximum Gasteiger partial charge on any atom is 0.317 e. The maximum atomic E-state index is 13.2. The van der Waals surface area contributed by atoms with Gasteiger partial charge in [0, 0.05) is 45.8 Å². The number of urea groups is 1. The third-order valence-corrected chi connectivity index (χ3v) is 8.50. The molecule has 5 rings (SSSR count). The lowest BCUT2D eigenvalue weighted by Gasteiger charge is -2.31. The number of carbonyl (C=O) groups excluding carboxylic acids is 1. The summed E-state index contributed by atoms with van der Waals surface area (Å²) < 4.78 is 35.2. The average Bonchev–Trinajstić information content (AvgIpc) is 3.57. The summed E-state index contributed by atoms with van der Waals surface area (Å²) in [6.45, 7) is 3.95. The maximum absolute atomic E-state index is 13.2. The van der Waals surface area contributed by atoms with E-state index in [4.69, 9.17) is 4.74 Å². The largest absolute Gasteiger partial charge is 0.490 e. The van der Waals surface area contributed by atoms with Gasteiger partial charge in [0.2, 0.25) is 10.0 Å². The van der Waals surface area contributed by atoms with Crippen molar-refractivity contribution in [3.8, 4) is 5.75 Å². The molecule has 10 heteroatoms. The first-order valence-electron chi connectivity index (χ1n) is 12.3. The van der Waals surface area contributed by atoms with E-state index in [0.717, 1.165) is 38.8 Å². The van der Waals surface area contributed by atoms with Crippen LogP contribution in [0, 0.1) is 5.92 Å². The predicted molar refractivity (Wildman–Crippen MR) is 131 cm³/mol. The van der Waals surface area contributed by atoms with Crippen LogP contribution in [-0.2, 0) is 29.7 Å². The van der Waals surface area contributed by atoms with Crippen LogP contribution in [-0.4, -0.2) is 62.0 Å². The standard InChI is InChI=1S/C25H33N5O4S/c1-26-25(31)30-10-8-18(9-11-30)17-34-23-13-27-22(12-24(23)35(32,33)28-21-6-7-21)16-29-14-19-4-2-3-5-20(19)15-29/h2-5,12-13,18,21,28H,6-11,14-17H2,1H3,(H,26,31). The molecule has 2 aromatic rings. The number of nitrogens with zero attached hydrogens (tertiary/aromatic N) is 3. The fourth-order valence-electron chi connectivity index (χ4n) is 4.77. The fourth-order valence-corrected chi connectivity index (χ4v) is 6.24. The lowest BCUT2D eigenvalue weighted by atomic mass is 9.98. The Hall–Kier alpha value is -2.69. The number of pyridine rings is 1. The van der Waals surface area contributed by atoms with Crippen LogP contribution in [0.25, 0.3) is 0 Å². The Morgan fingerprint density at radius 1 is 1.11 bits per heavy atom. The Labute approximate surface area is 206 Å². The number of piperidine rings is 1. The number of hydrogen-bond donors (Lipinski definition) is 2. The molecule has 3 heterocycles. The summed E-state index contributed by atoms with van der Waals surface area (Å²) in [6, 6.07) is 9.96. The van der Waals surface area contributed by atoms with Crippen molar-refractivity contribution in [2.24, 2.45) is 5.92 Å². The van der Waals surface area contributed by atoms with Gasteiger partial charge in [0.1, 0.15) is 4.90 Å². The van der Waals surface area contributed by atoms with Crippen molar-refractivity contribution in [1.29, 1.82) is 0 Å². The summed E-state index contributed by atoms with van der Waals surface area (Å²) in [4.78, 5) is 20.6. The van der Waals surface area contributed by atoms with E-state index in [1.54, 1.807) is 24.2 Å².